The molecule has 2 unspecified atom stereocenters. The molecule has 1 saturated heterocycles. The average Bonchev–Trinajstić information content (AvgIpc) is 2.65. The van der Waals surface area contributed by atoms with Crippen molar-refractivity contribution in [3.8, 4) is 0 Å². The van der Waals surface area contributed by atoms with Crippen LogP contribution in [0.4, 0.5) is 0 Å². The summed E-state index contributed by atoms with van der Waals surface area (Å²) in [5.74, 6) is 0.248. The van der Waals surface area contributed by atoms with E-state index in [2.05, 4.69) is 19.2 Å². The highest BCUT2D eigenvalue weighted by atomic mass is 16.5. The predicted molar refractivity (Wildman–Crippen MR) is 64.4 cm³/mol. The Morgan fingerprint density at radius 1 is 1.56 bits per heavy atom. The minimum Gasteiger partial charge on any atom is -0.383 e. The first-order chi connectivity index (χ1) is 7.74. The first-order valence-electron chi connectivity index (χ1n) is 6.27. The number of nitrogens with zero attached hydrogens (tertiary/aromatic N) is 1. The van der Waals surface area contributed by atoms with Crippen LogP contribution in [0.3, 0.4) is 0 Å². The SMILES string of the molecule is CCCNC1CCN(C(CC)COC)C1=O. The number of methoxy groups -OCH3 is 1. The highest BCUT2D eigenvalue weighted by Crippen LogP contribution is 2.16. The summed E-state index contributed by atoms with van der Waals surface area (Å²) in [6, 6.07) is 0.275. The van der Waals surface area contributed by atoms with Gasteiger partial charge in [0.1, 0.15) is 0 Å². The van der Waals surface area contributed by atoms with Crippen molar-refractivity contribution < 1.29 is 9.53 Å². The molecular formula is C12H24N2O2. The lowest BCUT2D eigenvalue weighted by atomic mass is 10.2. The van der Waals surface area contributed by atoms with Crippen LogP contribution in [-0.2, 0) is 9.53 Å². The zero-order valence-corrected chi connectivity index (χ0v) is 10.7. The van der Waals surface area contributed by atoms with Gasteiger partial charge in [0.2, 0.25) is 5.91 Å². The normalized spacial score (nSPS) is 22.8. The Balaban J connectivity index is 2.48. The maximum Gasteiger partial charge on any atom is 0.240 e. The van der Waals surface area contributed by atoms with Gasteiger partial charge >= 0.3 is 0 Å². The predicted octanol–water partition coefficient (Wildman–Crippen LogP) is 1.01. The van der Waals surface area contributed by atoms with Crippen LogP contribution in [0.25, 0.3) is 0 Å². The third kappa shape index (κ3) is 3.19. The van der Waals surface area contributed by atoms with E-state index in [0.717, 1.165) is 32.4 Å². The second-order valence-corrected chi connectivity index (χ2v) is 4.34. The molecule has 1 heterocycles. The van der Waals surface area contributed by atoms with Crippen LogP contribution in [0.15, 0.2) is 0 Å². The molecule has 0 saturated carbocycles. The van der Waals surface area contributed by atoms with E-state index in [9.17, 15) is 4.79 Å². The van der Waals surface area contributed by atoms with Crippen molar-refractivity contribution in [3.63, 3.8) is 0 Å². The first kappa shape index (κ1) is 13.5. The van der Waals surface area contributed by atoms with E-state index in [1.807, 2.05) is 4.90 Å². The van der Waals surface area contributed by atoms with Crippen molar-refractivity contribution in [2.24, 2.45) is 0 Å². The van der Waals surface area contributed by atoms with Crippen LogP contribution in [0, 0.1) is 0 Å². The highest BCUT2D eigenvalue weighted by Gasteiger charge is 2.34. The number of hydrogen-bond donors (Lipinski definition) is 1. The molecule has 0 spiro atoms. The van der Waals surface area contributed by atoms with Crippen LogP contribution in [-0.4, -0.2) is 49.7 Å². The molecule has 1 aliphatic rings. The Kier molecular flexibility index (Phi) is 5.77. The number of nitrogens with one attached hydrogen (secondary N) is 1. The van der Waals surface area contributed by atoms with Crippen molar-refractivity contribution in [2.45, 2.75) is 45.2 Å². The fourth-order valence-corrected chi connectivity index (χ4v) is 2.19. The maximum absolute atomic E-state index is 12.1. The van der Waals surface area contributed by atoms with Gasteiger partial charge < -0.3 is 15.0 Å². The molecule has 1 fully saturated rings. The largest absolute Gasteiger partial charge is 0.383 e. The Morgan fingerprint density at radius 3 is 2.88 bits per heavy atom. The summed E-state index contributed by atoms with van der Waals surface area (Å²) in [6.45, 7) is 6.64. The number of amides is 1. The van der Waals surface area contributed by atoms with Gasteiger partial charge in [-0.3, -0.25) is 4.79 Å². The summed E-state index contributed by atoms with van der Waals surface area (Å²) in [5, 5.41) is 3.30. The number of rotatable bonds is 7. The van der Waals surface area contributed by atoms with Gasteiger partial charge in [-0.05, 0) is 25.8 Å². The lowest BCUT2D eigenvalue weighted by Gasteiger charge is -2.26. The minimum atomic E-state index is 0.0332. The fourth-order valence-electron chi connectivity index (χ4n) is 2.19. The zero-order chi connectivity index (χ0) is 12.0. The van der Waals surface area contributed by atoms with Gasteiger partial charge in [-0.1, -0.05) is 13.8 Å². The van der Waals surface area contributed by atoms with E-state index in [-0.39, 0.29) is 18.0 Å². The monoisotopic (exact) mass is 228 g/mol. The van der Waals surface area contributed by atoms with Gasteiger partial charge in [0.15, 0.2) is 0 Å². The van der Waals surface area contributed by atoms with Crippen LogP contribution >= 0.6 is 0 Å². The topological polar surface area (TPSA) is 41.6 Å². The zero-order valence-electron chi connectivity index (χ0n) is 10.7. The quantitative estimate of drug-likeness (QED) is 0.707. The minimum absolute atomic E-state index is 0.0332. The Morgan fingerprint density at radius 2 is 2.31 bits per heavy atom. The maximum atomic E-state index is 12.1. The summed E-state index contributed by atoms with van der Waals surface area (Å²) in [5.41, 5.74) is 0. The van der Waals surface area contributed by atoms with E-state index < -0.39 is 0 Å². The average molecular weight is 228 g/mol. The first-order valence-corrected chi connectivity index (χ1v) is 6.27. The molecule has 94 valence electrons. The van der Waals surface area contributed by atoms with Crippen molar-refractivity contribution in [1.82, 2.24) is 10.2 Å². The van der Waals surface area contributed by atoms with Crippen molar-refractivity contribution in [3.05, 3.63) is 0 Å². The lowest BCUT2D eigenvalue weighted by molar-refractivity contribution is -0.132. The Bertz CT molecular complexity index is 221. The molecule has 4 nitrogen and oxygen atoms in total. The van der Waals surface area contributed by atoms with Gasteiger partial charge in [0.05, 0.1) is 18.7 Å². The summed E-state index contributed by atoms with van der Waals surface area (Å²) in [7, 11) is 1.69. The summed E-state index contributed by atoms with van der Waals surface area (Å²) in [4.78, 5) is 14.1. The number of carbonyl (C=O) groups is 1. The molecule has 0 aliphatic carbocycles. The van der Waals surface area contributed by atoms with Crippen molar-refractivity contribution in [1.29, 1.82) is 0 Å². The lowest BCUT2D eigenvalue weighted by Crippen LogP contribution is -2.44. The van der Waals surface area contributed by atoms with Gasteiger partial charge in [-0.2, -0.15) is 0 Å². The van der Waals surface area contributed by atoms with Gasteiger partial charge in [0.25, 0.3) is 0 Å². The van der Waals surface area contributed by atoms with Gasteiger partial charge in [0, 0.05) is 13.7 Å². The number of carbonyl (C=O) groups excluding carboxylic acids is 1. The third-order valence-electron chi connectivity index (χ3n) is 3.15. The Labute approximate surface area is 98.3 Å². The molecule has 0 bridgehead atoms. The van der Waals surface area contributed by atoms with Gasteiger partial charge in [-0.25, -0.2) is 0 Å². The van der Waals surface area contributed by atoms with Crippen LogP contribution in [0.2, 0.25) is 0 Å². The van der Waals surface area contributed by atoms with Crippen molar-refractivity contribution in [2.75, 3.05) is 26.8 Å². The van der Waals surface area contributed by atoms with E-state index in [1.165, 1.54) is 0 Å². The number of hydrogen-bond acceptors (Lipinski definition) is 3. The smallest absolute Gasteiger partial charge is 0.240 e. The summed E-state index contributed by atoms with van der Waals surface area (Å²) >= 11 is 0. The third-order valence-corrected chi connectivity index (χ3v) is 3.15. The standard InChI is InChI=1S/C12H24N2O2/c1-4-7-13-11-6-8-14(12(11)15)10(5-2)9-16-3/h10-11,13H,4-9H2,1-3H3. The molecule has 2 atom stereocenters. The number of likely N-dealkylation sites (tertiary alicyclic amines) is 1. The molecule has 0 radical (unpaired) electrons. The van der Waals surface area contributed by atoms with Crippen LogP contribution in [0.1, 0.15) is 33.1 Å². The number of ether oxygens (including phenoxy) is 1. The molecule has 0 aromatic rings. The molecule has 1 N–H and O–H groups in total. The van der Waals surface area contributed by atoms with E-state index in [4.69, 9.17) is 4.74 Å². The summed E-state index contributed by atoms with van der Waals surface area (Å²) < 4.78 is 5.16. The molecule has 0 aromatic heterocycles. The van der Waals surface area contributed by atoms with E-state index in [0.29, 0.717) is 6.61 Å². The van der Waals surface area contributed by atoms with Crippen LogP contribution in [0.5, 0.6) is 0 Å². The second-order valence-electron chi connectivity index (χ2n) is 4.34. The van der Waals surface area contributed by atoms with Crippen molar-refractivity contribution >= 4 is 5.91 Å². The Hall–Kier alpha value is -0.610. The fraction of sp³-hybridized carbons (Fsp3) is 0.917. The molecular weight excluding hydrogens is 204 g/mol. The van der Waals surface area contributed by atoms with E-state index >= 15 is 0 Å². The van der Waals surface area contributed by atoms with Gasteiger partial charge in [-0.15, -0.1) is 0 Å². The molecule has 4 heteroatoms. The summed E-state index contributed by atoms with van der Waals surface area (Å²) in [6.07, 6.45) is 2.96. The molecule has 0 aromatic carbocycles. The molecule has 16 heavy (non-hydrogen) atoms. The molecule has 1 rings (SSSR count). The molecule has 1 aliphatic heterocycles. The van der Waals surface area contributed by atoms with E-state index in [1.54, 1.807) is 7.11 Å². The highest BCUT2D eigenvalue weighted by molar-refractivity contribution is 5.84. The van der Waals surface area contributed by atoms with Crippen LogP contribution < -0.4 is 5.32 Å². The molecule has 1 amide bonds. The second kappa shape index (κ2) is 6.86.